The number of aliphatic hydroxyl groups excluding tert-OH is 1. The Morgan fingerprint density at radius 2 is 1.95 bits per heavy atom. The van der Waals surface area contributed by atoms with Gasteiger partial charge in [0.05, 0.1) is 6.10 Å². The van der Waals surface area contributed by atoms with Crippen molar-refractivity contribution in [1.29, 1.82) is 0 Å². The second kappa shape index (κ2) is 6.42. The van der Waals surface area contributed by atoms with Gasteiger partial charge in [0.25, 0.3) is 0 Å². The fourth-order valence-electron chi connectivity index (χ4n) is 2.08. The Labute approximate surface area is 123 Å². The van der Waals surface area contributed by atoms with Crippen molar-refractivity contribution in [3.63, 3.8) is 0 Å². The quantitative estimate of drug-likeness (QED) is 0.817. The lowest BCUT2D eigenvalue weighted by Gasteiger charge is -2.13. The van der Waals surface area contributed by atoms with Crippen molar-refractivity contribution in [1.82, 2.24) is 0 Å². The maximum atomic E-state index is 13.6. The largest absolute Gasteiger partial charge is 0.389 e. The van der Waals surface area contributed by atoms with E-state index in [9.17, 15) is 9.50 Å². The van der Waals surface area contributed by atoms with E-state index in [0.717, 1.165) is 10.6 Å². The number of benzene rings is 2. The van der Waals surface area contributed by atoms with Crippen LogP contribution >= 0.6 is 11.8 Å². The zero-order valence-corrected chi connectivity index (χ0v) is 12.8. The van der Waals surface area contributed by atoms with Gasteiger partial charge in [0.15, 0.2) is 0 Å². The van der Waals surface area contributed by atoms with E-state index in [1.807, 2.05) is 12.1 Å². The minimum Gasteiger partial charge on any atom is -0.389 e. The summed E-state index contributed by atoms with van der Waals surface area (Å²) < 4.78 is 13.6. The maximum Gasteiger partial charge on any atom is 0.126 e. The predicted octanol–water partition coefficient (Wildman–Crippen LogP) is 4.79. The molecular formula is C17H19FOS. The number of hydrogen-bond donors (Lipinski definition) is 1. The molecular weight excluding hydrogens is 271 g/mol. The molecule has 0 aliphatic heterocycles. The fraction of sp³-hybridized carbons (Fsp3) is 0.294. The molecule has 1 unspecified atom stereocenters. The van der Waals surface area contributed by atoms with Gasteiger partial charge in [-0.3, -0.25) is 0 Å². The first-order chi connectivity index (χ1) is 9.47. The van der Waals surface area contributed by atoms with E-state index in [2.05, 4.69) is 25.1 Å². The van der Waals surface area contributed by atoms with Crippen LogP contribution in [-0.2, 0) is 5.75 Å². The molecule has 106 valence electrons. The van der Waals surface area contributed by atoms with Crippen LogP contribution in [0, 0.1) is 19.7 Å². The first-order valence-corrected chi connectivity index (χ1v) is 7.62. The molecule has 2 aromatic carbocycles. The highest BCUT2D eigenvalue weighted by Gasteiger charge is 2.12. The number of rotatable bonds is 4. The van der Waals surface area contributed by atoms with Crippen molar-refractivity contribution in [3.05, 3.63) is 64.5 Å². The van der Waals surface area contributed by atoms with E-state index in [-0.39, 0.29) is 5.82 Å². The Balaban J connectivity index is 2.22. The highest BCUT2D eigenvalue weighted by Crippen LogP contribution is 2.32. The van der Waals surface area contributed by atoms with Crippen LogP contribution in [0.4, 0.5) is 4.39 Å². The van der Waals surface area contributed by atoms with E-state index in [1.54, 1.807) is 25.6 Å². The van der Waals surface area contributed by atoms with Gasteiger partial charge in [-0.15, -0.1) is 11.8 Å². The van der Waals surface area contributed by atoms with Crippen LogP contribution in [0.3, 0.4) is 0 Å². The zero-order chi connectivity index (χ0) is 14.7. The molecule has 0 bridgehead atoms. The van der Waals surface area contributed by atoms with Gasteiger partial charge in [0.1, 0.15) is 5.82 Å². The predicted molar refractivity (Wildman–Crippen MR) is 82.5 cm³/mol. The van der Waals surface area contributed by atoms with Crippen LogP contribution in [0.2, 0.25) is 0 Å². The molecule has 0 fully saturated rings. The van der Waals surface area contributed by atoms with Crippen molar-refractivity contribution in [2.75, 3.05) is 0 Å². The normalized spacial score (nSPS) is 12.4. The minimum absolute atomic E-state index is 0.263. The average molecular weight is 290 g/mol. The second-order valence-corrected chi connectivity index (χ2v) is 6.11. The Bertz CT molecular complexity index is 608. The molecule has 0 aliphatic carbocycles. The summed E-state index contributed by atoms with van der Waals surface area (Å²) in [5.41, 5.74) is 3.73. The molecule has 0 aliphatic rings. The van der Waals surface area contributed by atoms with Crippen LogP contribution in [-0.4, -0.2) is 5.11 Å². The van der Waals surface area contributed by atoms with Crippen LogP contribution in [0.5, 0.6) is 0 Å². The van der Waals surface area contributed by atoms with Crippen LogP contribution in [0.25, 0.3) is 0 Å². The van der Waals surface area contributed by atoms with E-state index in [0.29, 0.717) is 11.1 Å². The third-order valence-corrected chi connectivity index (χ3v) is 4.36. The van der Waals surface area contributed by atoms with E-state index in [4.69, 9.17) is 0 Å². The van der Waals surface area contributed by atoms with Crippen LogP contribution in [0.15, 0.2) is 41.3 Å². The van der Waals surface area contributed by atoms with Crippen LogP contribution < -0.4 is 0 Å². The number of halogens is 1. The average Bonchev–Trinajstić information content (AvgIpc) is 2.39. The smallest absolute Gasteiger partial charge is 0.126 e. The molecule has 0 radical (unpaired) electrons. The van der Waals surface area contributed by atoms with Crippen LogP contribution in [0.1, 0.15) is 35.3 Å². The molecule has 0 aromatic heterocycles. The number of thioether (sulfide) groups is 1. The van der Waals surface area contributed by atoms with E-state index in [1.165, 1.54) is 17.2 Å². The topological polar surface area (TPSA) is 20.2 Å². The van der Waals surface area contributed by atoms with Gasteiger partial charge in [-0.25, -0.2) is 4.39 Å². The minimum atomic E-state index is -0.662. The SMILES string of the molecule is Cc1cccc(CSc2cc(C)c(F)cc2C(C)O)c1. The standard InChI is InChI=1S/C17H19FOS/c1-11-5-4-6-14(7-11)10-20-17-8-12(2)16(18)9-15(17)13(3)19/h4-9,13,19H,10H2,1-3H3. The van der Waals surface area contributed by atoms with Gasteiger partial charge in [0, 0.05) is 10.6 Å². The summed E-state index contributed by atoms with van der Waals surface area (Å²) in [5, 5.41) is 9.78. The molecule has 0 saturated carbocycles. The Hall–Kier alpha value is -1.32. The van der Waals surface area contributed by atoms with Crippen molar-refractivity contribution < 1.29 is 9.50 Å². The van der Waals surface area contributed by atoms with E-state index >= 15 is 0 Å². The van der Waals surface area contributed by atoms with Gasteiger partial charge in [-0.05, 0) is 49.6 Å². The van der Waals surface area contributed by atoms with Gasteiger partial charge >= 0.3 is 0 Å². The first kappa shape index (κ1) is 15.1. The van der Waals surface area contributed by atoms with Crippen molar-refractivity contribution in [2.24, 2.45) is 0 Å². The molecule has 0 saturated heterocycles. The first-order valence-electron chi connectivity index (χ1n) is 6.64. The van der Waals surface area contributed by atoms with Crippen molar-refractivity contribution in [2.45, 2.75) is 37.5 Å². The number of aryl methyl sites for hydroxylation is 2. The highest BCUT2D eigenvalue weighted by molar-refractivity contribution is 7.98. The zero-order valence-electron chi connectivity index (χ0n) is 12.0. The maximum absolute atomic E-state index is 13.6. The lowest BCUT2D eigenvalue weighted by molar-refractivity contribution is 0.196. The second-order valence-electron chi connectivity index (χ2n) is 5.09. The monoisotopic (exact) mass is 290 g/mol. The van der Waals surface area contributed by atoms with Gasteiger partial charge < -0.3 is 5.11 Å². The molecule has 2 aromatic rings. The Morgan fingerprint density at radius 3 is 2.60 bits per heavy atom. The summed E-state index contributed by atoms with van der Waals surface area (Å²) in [6, 6.07) is 11.6. The molecule has 1 atom stereocenters. The lowest BCUT2D eigenvalue weighted by atomic mass is 10.1. The molecule has 0 amide bonds. The molecule has 20 heavy (non-hydrogen) atoms. The third-order valence-electron chi connectivity index (χ3n) is 3.22. The summed E-state index contributed by atoms with van der Waals surface area (Å²) in [4.78, 5) is 0.945. The van der Waals surface area contributed by atoms with E-state index < -0.39 is 6.10 Å². The molecule has 0 heterocycles. The Morgan fingerprint density at radius 1 is 1.20 bits per heavy atom. The third kappa shape index (κ3) is 3.62. The molecule has 0 spiro atoms. The number of aliphatic hydroxyl groups is 1. The summed E-state index contributed by atoms with van der Waals surface area (Å²) in [5.74, 6) is 0.549. The Kier molecular flexibility index (Phi) is 4.84. The summed E-state index contributed by atoms with van der Waals surface area (Å²) in [6.07, 6.45) is -0.662. The van der Waals surface area contributed by atoms with Gasteiger partial charge in [0.2, 0.25) is 0 Å². The highest BCUT2D eigenvalue weighted by atomic mass is 32.2. The fourth-order valence-corrected chi connectivity index (χ4v) is 3.24. The van der Waals surface area contributed by atoms with Crippen molar-refractivity contribution in [3.8, 4) is 0 Å². The summed E-state index contributed by atoms with van der Waals surface area (Å²) in [6.45, 7) is 5.48. The number of hydrogen-bond acceptors (Lipinski definition) is 2. The van der Waals surface area contributed by atoms with Gasteiger partial charge in [-0.2, -0.15) is 0 Å². The van der Waals surface area contributed by atoms with Crippen molar-refractivity contribution >= 4 is 11.8 Å². The molecule has 2 rings (SSSR count). The molecule has 3 heteroatoms. The lowest BCUT2D eigenvalue weighted by Crippen LogP contribution is -1.98. The molecule has 1 N–H and O–H groups in total. The molecule has 1 nitrogen and oxygen atoms in total. The van der Waals surface area contributed by atoms with Gasteiger partial charge in [-0.1, -0.05) is 29.8 Å². The summed E-state index contributed by atoms with van der Waals surface area (Å²) in [7, 11) is 0. The summed E-state index contributed by atoms with van der Waals surface area (Å²) >= 11 is 1.63.